The topological polar surface area (TPSA) is 63.4 Å². The average Bonchev–Trinajstić information content (AvgIpc) is 2.15. The van der Waals surface area contributed by atoms with Gasteiger partial charge >= 0.3 is 0 Å². The summed E-state index contributed by atoms with van der Waals surface area (Å²) in [4.78, 5) is 0. The predicted molar refractivity (Wildman–Crippen MR) is 62.0 cm³/mol. The minimum Gasteiger partial charge on any atom is -0.329 e. The predicted octanol–water partition coefficient (Wildman–Crippen LogP) is 0.785. The van der Waals surface area contributed by atoms with Crippen LogP contribution in [0.5, 0.6) is 0 Å². The highest BCUT2D eigenvalue weighted by atomic mass is 32.2. The van der Waals surface area contributed by atoms with E-state index in [0.29, 0.717) is 13.1 Å². The van der Waals surface area contributed by atoms with Crippen molar-refractivity contribution < 1.29 is 8.42 Å². The Morgan fingerprint density at radius 1 is 1.47 bits per heavy atom. The fourth-order valence-corrected chi connectivity index (χ4v) is 3.63. The lowest BCUT2D eigenvalue weighted by Crippen LogP contribution is -2.48. The molecule has 1 heterocycles. The molecular weight excluding hydrogens is 212 g/mol. The van der Waals surface area contributed by atoms with E-state index in [-0.39, 0.29) is 12.0 Å². The zero-order chi connectivity index (χ0) is 11.7. The third-order valence-electron chi connectivity index (χ3n) is 3.07. The molecule has 0 bridgehead atoms. The van der Waals surface area contributed by atoms with Crippen LogP contribution in [0.1, 0.15) is 33.6 Å². The number of piperidine rings is 1. The van der Waals surface area contributed by atoms with Crippen molar-refractivity contribution in [2.75, 3.05) is 19.6 Å². The van der Waals surface area contributed by atoms with E-state index >= 15 is 0 Å². The Bertz CT molecular complexity index is 311. The lowest BCUT2D eigenvalue weighted by molar-refractivity contribution is 0.186. The van der Waals surface area contributed by atoms with E-state index in [9.17, 15) is 8.42 Å². The Morgan fingerprint density at radius 2 is 2.07 bits per heavy atom. The van der Waals surface area contributed by atoms with Crippen molar-refractivity contribution in [1.82, 2.24) is 4.31 Å². The van der Waals surface area contributed by atoms with E-state index in [2.05, 4.69) is 13.8 Å². The average molecular weight is 234 g/mol. The van der Waals surface area contributed by atoms with Crippen LogP contribution in [-0.2, 0) is 10.0 Å². The molecule has 4 nitrogen and oxygen atoms in total. The molecule has 1 fully saturated rings. The lowest BCUT2D eigenvalue weighted by Gasteiger charge is -2.38. The second-order valence-corrected chi connectivity index (χ2v) is 7.54. The van der Waals surface area contributed by atoms with Crippen molar-refractivity contribution in [3.8, 4) is 0 Å². The van der Waals surface area contributed by atoms with Crippen molar-refractivity contribution >= 4 is 10.0 Å². The van der Waals surface area contributed by atoms with Crippen molar-refractivity contribution in [1.29, 1.82) is 0 Å². The molecule has 5 heteroatoms. The molecule has 1 aliphatic heterocycles. The molecule has 1 aliphatic rings. The van der Waals surface area contributed by atoms with E-state index in [1.165, 1.54) is 0 Å². The monoisotopic (exact) mass is 234 g/mol. The summed E-state index contributed by atoms with van der Waals surface area (Å²) in [7, 11) is -3.17. The number of rotatable bonds is 3. The second-order valence-electron chi connectivity index (χ2n) is 5.19. The molecule has 0 aliphatic carbocycles. The normalized spacial score (nSPS) is 25.1. The van der Waals surface area contributed by atoms with Crippen LogP contribution < -0.4 is 5.73 Å². The van der Waals surface area contributed by atoms with Gasteiger partial charge in [0.05, 0.1) is 5.25 Å². The minimum absolute atomic E-state index is 0.0969. The van der Waals surface area contributed by atoms with Crippen molar-refractivity contribution in [3.05, 3.63) is 0 Å². The van der Waals surface area contributed by atoms with Gasteiger partial charge in [0, 0.05) is 19.6 Å². The maximum Gasteiger partial charge on any atom is 0.217 e. The molecule has 0 aromatic heterocycles. The summed E-state index contributed by atoms with van der Waals surface area (Å²) in [5.74, 6) is 0. The van der Waals surface area contributed by atoms with E-state index in [0.717, 1.165) is 12.8 Å². The van der Waals surface area contributed by atoms with Gasteiger partial charge in [0.1, 0.15) is 0 Å². The van der Waals surface area contributed by atoms with Crippen LogP contribution in [0, 0.1) is 5.41 Å². The minimum atomic E-state index is -3.17. The highest BCUT2D eigenvalue weighted by molar-refractivity contribution is 7.89. The summed E-state index contributed by atoms with van der Waals surface area (Å²) in [6.07, 6.45) is 2.04. The Labute approximate surface area is 92.9 Å². The maximum absolute atomic E-state index is 12.1. The van der Waals surface area contributed by atoms with Crippen LogP contribution in [0.15, 0.2) is 0 Å². The van der Waals surface area contributed by atoms with E-state index in [1.807, 2.05) is 0 Å². The van der Waals surface area contributed by atoms with Gasteiger partial charge < -0.3 is 5.73 Å². The Kier molecular flexibility index (Phi) is 3.79. The molecule has 0 spiro atoms. The second kappa shape index (κ2) is 4.39. The van der Waals surface area contributed by atoms with Crippen molar-refractivity contribution in [2.45, 2.75) is 38.9 Å². The smallest absolute Gasteiger partial charge is 0.217 e. The highest BCUT2D eigenvalue weighted by Gasteiger charge is 2.35. The summed E-state index contributed by atoms with van der Waals surface area (Å²) >= 11 is 0. The maximum atomic E-state index is 12.1. The van der Waals surface area contributed by atoms with Gasteiger partial charge in [-0.15, -0.1) is 0 Å². The molecular formula is C10H22N2O2S. The zero-order valence-electron chi connectivity index (χ0n) is 9.86. The first-order valence-electron chi connectivity index (χ1n) is 5.49. The highest BCUT2D eigenvalue weighted by Crippen LogP contribution is 2.30. The molecule has 0 radical (unpaired) electrons. The van der Waals surface area contributed by atoms with Crippen LogP contribution in [0.3, 0.4) is 0 Å². The molecule has 0 saturated carbocycles. The number of nitrogens with two attached hydrogens (primary N) is 1. The fourth-order valence-electron chi connectivity index (χ4n) is 1.96. The van der Waals surface area contributed by atoms with E-state index < -0.39 is 15.3 Å². The summed E-state index contributed by atoms with van der Waals surface area (Å²) in [5, 5.41) is -0.466. The lowest BCUT2D eigenvalue weighted by atomic mass is 9.85. The number of nitrogens with zero attached hydrogens (tertiary/aromatic N) is 1. The molecule has 15 heavy (non-hydrogen) atoms. The summed E-state index contributed by atoms with van der Waals surface area (Å²) in [6, 6.07) is 0. The third-order valence-corrected chi connectivity index (χ3v) is 5.31. The number of hydrogen-bond acceptors (Lipinski definition) is 3. The largest absolute Gasteiger partial charge is 0.329 e. The molecule has 1 atom stereocenters. The van der Waals surface area contributed by atoms with Gasteiger partial charge in [-0.2, -0.15) is 0 Å². The number of sulfonamides is 1. The molecule has 1 rings (SSSR count). The van der Waals surface area contributed by atoms with Crippen LogP contribution in [-0.4, -0.2) is 37.6 Å². The Hall–Kier alpha value is -0.130. The molecule has 2 N–H and O–H groups in total. The molecule has 0 aromatic carbocycles. The van der Waals surface area contributed by atoms with Crippen LogP contribution in [0.25, 0.3) is 0 Å². The summed E-state index contributed by atoms with van der Waals surface area (Å²) in [5.41, 5.74) is 5.52. The quantitative estimate of drug-likeness (QED) is 0.785. The van der Waals surface area contributed by atoms with Gasteiger partial charge in [-0.3, -0.25) is 0 Å². The fraction of sp³-hybridized carbons (Fsp3) is 1.00. The Morgan fingerprint density at radius 3 is 2.53 bits per heavy atom. The molecule has 1 unspecified atom stereocenters. The van der Waals surface area contributed by atoms with Crippen molar-refractivity contribution in [3.63, 3.8) is 0 Å². The molecule has 0 amide bonds. The molecule has 0 aromatic rings. The molecule has 90 valence electrons. The van der Waals surface area contributed by atoms with E-state index in [4.69, 9.17) is 5.73 Å². The first-order valence-corrected chi connectivity index (χ1v) is 6.99. The van der Waals surface area contributed by atoms with Crippen LogP contribution >= 0.6 is 0 Å². The Balaban J connectivity index is 2.80. The van der Waals surface area contributed by atoms with Crippen LogP contribution in [0.4, 0.5) is 0 Å². The van der Waals surface area contributed by atoms with Gasteiger partial charge in [-0.25, -0.2) is 12.7 Å². The molecule has 1 saturated heterocycles. The van der Waals surface area contributed by atoms with Gasteiger partial charge in [0.25, 0.3) is 0 Å². The first kappa shape index (κ1) is 12.9. The number of hydrogen-bond donors (Lipinski definition) is 1. The summed E-state index contributed by atoms with van der Waals surface area (Å²) < 4.78 is 25.7. The SMILES string of the molecule is CC(CN)S(=O)(=O)N1CCCC(C)(C)C1. The van der Waals surface area contributed by atoms with E-state index in [1.54, 1.807) is 11.2 Å². The van der Waals surface area contributed by atoms with Crippen molar-refractivity contribution in [2.24, 2.45) is 11.1 Å². The van der Waals surface area contributed by atoms with Gasteiger partial charge in [-0.1, -0.05) is 13.8 Å². The first-order chi connectivity index (χ1) is 6.79. The van der Waals surface area contributed by atoms with Gasteiger partial charge in [0.2, 0.25) is 10.0 Å². The third kappa shape index (κ3) is 2.92. The van der Waals surface area contributed by atoms with Gasteiger partial charge in [0.15, 0.2) is 0 Å². The summed E-state index contributed by atoms with van der Waals surface area (Å²) in [6.45, 7) is 7.37. The zero-order valence-corrected chi connectivity index (χ0v) is 10.7. The standard InChI is InChI=1S/C10H22N2O2S/c1-9(7-11)15(13,14)12-6-4-5-10(2,3)8-12/h9H,4-8,11H2,1-3H3. The van der Waals surface area contributed by atoms with Crippen LogP contribution in [0.2, 0.25) is 0 Å². The van der Waals surface area contributed by atoms with Gasteiger partial charge in [-0.05, 0) is 25.2 Å².